The molecule has 1 saturated heterocycles. The highest BCUT2D eigenvalue weighted by molar-refractivity contribution is 5.93. The van der Waals surface area contributed by atoms with Gasteiger partial charge in [0.25, 0.3) is 0 Å². The fourth-order valence-corrected chi connectivity index (χ4v) is 2.88. The normalized spacial score (nSPS) is 23.2. The van der Waals surface area contributed by atoms with Crippen LogP contribution in [0.3, 0.4) is 0 Å². The van der Waals surface area contributed by atoms with E-state index in [1.54, 1.807) is 0 Å². The van der Waals surface area contributed by atoms with Gasteiger partial charge in [-0.15, -0.1) is 0 Å². The van der Waals surface area contributed by atoms with E-state index < -0.39 is 0 Å². The van der Waals surface area contributed by atoms with Crippen LogP contribution in [-0.2, 0) is 4.74 Å². The van der Waals surface area contributed by atoms with Crippen molar-refractivity contribution in [2.45, 2.75) is 32.4 Å². The van der Waals surface area contributed by atoms with Crippen LogP contribution in [0.4, 0.5) is 11.4 Å². The maximum atomic E-state index is 5.85. The molecule has 0 bridgehead atoms. The third-order valence-electron chi connectivity index (χ3n) is 3.99. The van der Waals surface area contributed by atoms with Gasteiger partial charge in [0.1, 0.15) is 0 Å². The lowest BCUT2D eigenvalue weighted by molar-refractivity contribution is 0.0301. The van der Waals surface area contributed by atoms with Crippen LogP contribution in [0.1, 0.15) is 20.3 Å². The van der Waals surface area contributed by atoms with Gasteiger partial charge >= 0.3 is 0 Å². The first-order chi connectivity index (χ1) is 9.69. The van der Waals surface area contributed by atoms with Crippen LogP contribution in [0.25, 0.3) is 10.9 Å². The molecule has 0 amide bonds. The Morgan fingerprint density at radius 1 is 1.40 bits per heavy atom. The zero-order chi connectivity index (χ0) is 14.1. The van der Waals surface area contributed by atoms with Gasteiger partial charge in [-0.3, -0.25) is 4.98 Å². The summed E-state index contributed by atoms with van der Waals surface area (Å²) in [6.07, 6.45) is 3.20. The van der Waals surface area contributed by atoms with Gasteiger partial charge in [-0.2, -0.15) is 0 Å². The lowest BCUT2D eigenvalue weighted by Crippen LogP contribution is -2.48. The number of ether oxygens (including phenoxy) is 1. The van der Waals surface area contributed by atoms with Crippen LogP contribution in [0.15, 0.2) is 30.5 Å². The molecule has 2 heterocycles. The molecular formula is C16H21N3O. The average molecular weight is 271 g/mol. The summed E-state index contributed by atoms with van der Waals surface area (Å²) in [7, 11) is 0. The summed E-state index contributed by atoms with van der Waals surface area (Å²) in [5.74, 6) is 0. The first-order valence-corrected chi connectivity index (χ1v) is 7.21. The zero-order valence-electron chi connectivity index (χ0n) is 12.0. The van der Waals surface area contributed by atoms with Crippen molar-refractivity contribution < 1.29 is 4.74 Å². The molecule has 0 saturated carbocycles. The number of nitrogen functional groups attached to an aromatic ring is 1. The Morgan fingerprint density at radius 3 is 3.05 bits per heavy atom. The van der Waals surface area contributed by atoms with E-state index >= 15 is 0 Å². The molecule has 2 atom stereocenters. The predicted octanol–water partition coefficient (Wildman–Crippen LogP) is 2.82. The van der Waals surface area contributed by atoms with E-state index in [-0.39, 0.29) is 6.10 Å². The molecular weight excluding hydrogens is 250 g/mol. The monoisotopic (exact) mass is 271 g/mol. The Balaban J connectivity index is 2.08. The molecule has 1 aliphatic heterocycles. The van der Waals surface area contributed by atoms with Crippen molar-refractivity contribution in [1.29, 1.82) is 0 Å². The Morgan fingerprint density at radius 2 is 2.25 bits per heavy atom. The first kappa shape index (κ1) is 13.2. The molecule has 20 heavy (non-hydrogen) atoms. The van der Waals surface area contributed by atoms with Crippen LogP contribution < -0.4 is 10.6 Å². The van der Waals surface area contributed by atoms with E-state index in [1.165, 1.54) is 5.69 Å². The molecule has 4 nitrogen and oxygen atoms in total. The van der Waals surface area contributed by atoms with Gasteiger partial charge in [0.05, 0.1) is 24.3 Å². The van der Waals surface area contributed by atoms with Gasteiger partial charge in [-0.1, -0.05) is 6.92 Å². The summed E-state index contributed by atoms with van der Waals surface area (Å²) in [6, 6.07) is 8.47. The number of aromatic nitrogens is 1. The van der Waals surface area contributed by atoms with Crippen molar-refractivity contribution >= 4 is 22.3 Å². The predicted molar refractivity (Wildman–Crippen MR) is 83.0 cm³/mol. The van der Waals surface area contributed by atoms with Crippen molar-refractivity contribution in [3.63, 3.8) is 0 Å². The van der Waals surface area contributed by atoms with Gasteiger partial charge in [-0.05, 0) is 37.6 Å². The fourth-order valence-electron chi connectivity index (χ4n) is 2.88. The second-order valence-electron chi connectivity index (χ2n) is 5.47. The van der Waals surface area contributed by atoms with Crippen LogP contribution in [0.2, 0.25) is 0 Å². The number of nitrogens with two attached hydrogens (primary N) is 1. The van der Waals surface area contributed by atoms with Crippen LogP contribution in [0, 0.1) is 0 Å². The Labute approximate surface area is 119 Å². The lowest BCUT2D eigenvalue weighted by atomic mass is 10.1. The molecule has 0 spiro atoms. The Bertz CT molecular complexity index is 614. The minimum atomic E-state index is 0.259. The van der Waals surface area contributed by atoms with Crippen molar-refractivity contribution in [2.24, 2.45) is 0 Å². The van der Waals surface area contributed by atoms with Crippen molar-refractivity contribution in [3.8, 4) is 0 Å². The standard InChI is InChI=1S/C16H21N3O/c1-3-13-10-20-11(2)9-19(13)16-6-7-18-15-8-12(17)4-5-14(15)16/h4-8,11,13H,3,9-10,17H2,1-2H3. The Hall–Kier alpha value is -1.81. The van der Waals surface area contributed by atoms with E-state index in [4.69, 9.17) is 10.5 Å². The number of nitrogens with zero attached hydrogens (tertiary/aromatic N) is 2. The van der Waals surface area contributed by atoms with E-state index in [9.17, 15) is 0 Å². The van der Waals surface area contributed by atoms with Crippen LogP contribution in [-0.4, -0.2) is 30.3 Å². The molecule has 2 N–H and O–H groups in total. The molecule has 2 aromatic rings. The van der Waals surface area contributed by atoms with Crippen molar-refractivity contribution in [1.82, 2.24) is 4.98 Å². The number of hydrogen-bond donors (Lipinski definition) is 1. The van der Waals surface area contributed by atoms with Gasteiger partial charge in [0.2, 0.25) is 0 Å². The van der Waals surface area contributed by atoms with Gasteiger partial charge in [0.15, 0.2) is 0 Å². The van der Waals surface area contributed by atoms with Crippen molar-refractivity contribution in [3.05, 3.63) is 30.5 Å². The smallest absolute Gasteiger partial charge is 0.0743 e. The number of anilines is 2. The first-order valence-electron chi connectivity index (χ1n) is 7.21. The maximum Gasteiger partial charge on any atom is 0.0743 e. The summed E-state index contributed by atoms with van der Waals surface area (Å²) >= 11 is 0. The van der Waals surface area contributed by atoms with E-state index in [2.05, 4.69) is 35.9 Å². The molecule has 0 radical (unpaired) electrons. The lowest BCUT2D eigenvalue weighted by Gasteiger charge is -2.40. The third kappa shape index (κ3) is 2.31. The highest BCUT2D eigenvalue weighted by atomic mass is 16.5. The minimum Gasteiger partial charge on any atom is -0.399 e. The van der Waals surface area contributed by atoms with Gasteiger partial charge in [0, 0.05) is 29.5 Å². The number of hydrogen-bond acceptors (Lipinski definition) is 4. The summed E-state index contributed by atoms with van der Waals surface area (Å²) in [5, 5.41) is 1.16. The molecule has 1 aromatic carbocycles. The summed E-state index contributed by atoms with van der Waals surface area (Å²) in [4.78, 5) is 6.88. The van der Waals surface area contributed by atoms with Crippen molar-refractivity contribution in [2.75, 3.05) is 23.8 Å². The molecule has 1 fully saturated rings. The molecule has 0 aliphatic carbocycles. The number of fused-ring (bicyclic) bond motifs is 1. The number of pyridine rings is 1. The van der Waals surface area contributed by atoms with Gasteiger partial charge in [-0.25, -0.2) is 0 Å². The second kappa shape index (κ2) is 5.29. The fraction of sp³-hybridized carbons (Fsp3) is 0.438. The SMILES string of the molecule is CCC1COC(C)CN1c1ccnc2cc(N)ccc12. The van der Waals surface area contributed by atoms with Gasteiger partial charge < -0.3 is 15.4 Å². The molecule has 2 unspecified atom stereocenters. The van der Waals surface area contributed by atoms with E-state index in [1.807, 2.05) is 18.3 Å². The number of benzene rings is 1. The number of morpholine rings is 1. The average Bonchev–Trinajstić information content (AvgIpc) is 2.46. The highest BCUT2D eigenvalue weighted by Gasteiger charge is 2.26. The summed E-state index contributed by atoms with van der Waals surface area (Å²) in [5.41, 5.74) is 8.80. The largest absolute Gasteiger partial charge is 0.399 e. The summed E-state index contributed by atoms with van der Waals surface area (Å²) in [6.45, 7) is 6.04. The highest BCUT2D eigenvalue weighted by Crippen LogP contribution is 2.30. The number of rotatable bonds is 2. The molecule has 4 heteroatoms. The summed E-state index contributed by atoms with van der Waals surface area (Å²) < 4.78 is 5.79. The van der Waals surface area contributed by atoms with E-state index in [0.29, 0.717) is 6.04 Å². The molecule has 106 valence electrons. The molecule has 1 aromatic heterocycles. The quantitative estimate of drug-likeness (QED) is 0.853. The van der Waals surface area contributed by atoms with E-state index in [0.717, 1.165) is 36.2 Å². The van der Waals surface area contributed by atoms with Crippen LogP contribution in [0.5, 0.6) is 0 Å². The zero-order valence-corrected chi connectivity index (χ0v) is 12.0. The third-order valence-corrected chi connectivity index (χ3v) is 3.99. The van der Waals surface area contributed by atoms with Crippen LogP contribution >= 0.6 is 0 Å². The minimum absolute atomic E-state index is 0.259. The topological polar surface area (TPSA) is 51.4 Å². The molecule has 3 rings (SSSR count). The second-order valence-corrected chi connectivity index (χ2v) is 5.47. The maximum absolute atomic E-state index is 5.85. The molecule has 1 aliphatic rings. The Kier molecular flexibility index (Phi) is 3.49.